The summed E-state index contributed by atoms with van der Waals surface area (Å²) < 4.78 is 11.0. The van der Waals surface area contributed by atoms with Crippen molar-refractivity contribution in [2.24, 2.45) is 0 Å². The number of unbranched alkanes of at least 4 members (excludes halogenated alkanes) is 1. The van der Waals surface area contributed by atoms with Gasteiger partial charge in [0.1, 0.15) is 6.61 Å². The molecule has 0 aliphatic carbocycles. The van der Waals surface area contributed by atoms with Crippen LogP contribution >= 0.6 is 12.4 Å². The number of amides is 1. The minimum absolute atomic E-state index is 0. The Labute approximate surface area is 167 Å². The largest absolute Gasteiger partial charge is 0.478 e. The maximum Gasteiger partial charge on any atom is 0.411 e. The Kier molecular flexibility index (Phi) is 10.5. The maximum absolute atomic E-state index is 12.2. The first-order valence-corrected chi connectivity index (χ1v) is 9.36. The second kappa shape index (κ2) is 12.4. The zero-order chi connectivity index (χ0) is 18.8. The molecule has 1 N–H and O–H groups in total. The Morgan fingerprint density at radius 1 is 1.15 bits per heavy atom. The normalized spacial score (nSPS) is 10.5. The van der Waals surface area contributed by atoms with E-state index in [1.165, 1.54) is 0 Å². The van der Waals surface area contributed by atoms with Gasteiger partial charge in [-0.25, -0.2) is 9.78 Å². The molecule has 0 aliphatic heterocycles. The van der Waals surface area contributed by atoms with Crippen molar-refractivity contribution in [2.45, 2.75) is 33.6 Å². The van der Waals surface area contributed by atoms with Gasteiger partial charge in [0.05, 0.1) is 17.8 Å². The van der Waals surface area contributed by atoms with Crippen LogP contribution in [0.3, 0.4) is 0 Å². The number of rotatable bonds is 10. The van der Waals surface area contributed by atoms with E-state index in [1.807, 2.05) is 24.3 Å². The van der Waals surface area contributed by atoms with Crippen LogP contribution in [-0.4, -0.2) is 48.8 Å². The number of fused-ring (bicyclic) bond motifs is 1. The van der Waals surface area contributed by atoms with E-state index in [1.54, 1.807) is 6.07 Å². The van der Waals surface area contributed by atoms with Crippen LogP contribution in [0.15, 0.2) is 30.3 Å². The highest BCUT2D eigenvalue weighted by Gasteiger charge is 2.11. The van der Waals surface area contributed by atoms with Crippen molar-refractivity contribution in [2.75, 3.05) is 38.2 Å². The quantitative estimate of drug-likeness (QED) is 0.589. The van der Waals surface area contributed by atoms with Gasteiger partial charge in [-0.1, -0.05) is 45.4 Å². The molecule has 0 bridgehead atoms. The summed E-state index contributed by atoms with van der Waals surface area (Å²) in [6.07, 6.45) is 1.55. The number of ether oxygens (including phenoxy) is 2. The fourth-order valence-corrected chi connectivity index (χ4v) is 2.60. The van der Waals surface area contributed by atoms with E-state index >= 15 is 0 Å². The number of carbonyl (C=O) groups is 1. The van der Waals surface area contributed by atoms with Crippen LogP contribution in [0.5, 0.6) is 5.88 Å². The molecule has 0 unspecified atom stereocenters. The van der Waals surface area contributed by atoms with E-state index in [9.17, 15) is 4.79 Å². The topological polar surface area (TPSA) is 63.7 Å². The Morgan fingerprint density at radius 2 is 1.89 bits per heavy atom. The van der Waals surface area contributed by atoms with Gasteiger partial charge < -0.3 is 14.4 Å². The first kappa shape index (κ1) is 23.0. The zero-order valence-electron chi connectivity index (χ0n) is 16.4. The Balaban J connectivity index is 0.00000364. The fourth-order valence-electron chi connectivity index (χ4n) is 2.60. The highest BCUT2D eigenvalue weighted by atomic mass is 35.5. The summed E-state index contributed by atoms with van der Waals surface area (Å²) >= 11 is 0. The van der Waals surface area contributed by atoms with Gasteiger partial charge >= 0.3 is 6.09 Å². The Bertz CT molecular complexity index is 708. The number of halogens is 1. The molecule has 6 nitrogen and oxygen atoms in total. The molecule has 0 saturated heterocycles. The highest BCUT2D eigenvalue weighted by molar-refractivity contribution is 5.99. The van der Waals surface area contributed by atoms with E-state index in [2.05, 4.69) is 36.0 Å². The summed E-state index contributed by atoms with van der Waals surface area (Å²) in [5.41, 5.74) is 1.43. The second-order valence-corrected chi connectivity index (χ2v) is 6.02. The molecule has 2 aromatic rings. The number of benzene rings is 1. The van der Waals surface area contributed by atoms with E-state index < -0.39 is 6.09 Å². The van der Waals surface area contributed by atoms with E-state index in [-0.39, 0.29) is 12.4 Å². The summed E-state index contributed by atoms with van der Waals surface area (Å²) in [6, 6.07) is 9.40. The molecular formula is C20H30ClN3O3. The van der Waals surface area contributed by atoms with Crippen LogP contribution < -0.4 is 10.1 Å². The third kappa shape index (κ3) is 7.23. The number of nitrogens with zero attached hydrogens (tertiary/aromatic N) is 2. The molecular weight excluding hydrogens is 366 g/mol. The van der Waals surface area contributed by atoms with Gasteiger partial charge in [0.2, 0.25) is 5.88 Å². The number of para-hydroxylation sites is 1. The number of nitrogens with one attached hydrogen (secondary N) is 1. The maximum atomic E-state index is 12.2. The molecule has 1 amide bonds. The molecule has 7 heteroatoms. The first-order valence-electron chi connectivity index (χ1n) is 9.36. The van der Waals surface area contributed by atoms with Crippen molar-refractivity contribution >= 4 is 35.1 Å². The molecule has 1 heterocycles. The van der Waals surface area contributed by atoms with Crippen LogP contribution in [0.4, 0.5) is 10.5 Å². The van der Waals surface area contributed by atoms with Crippen molar-refractivity contribution in [1.82, 2.24) is 9.88 Å². The number of aromatic nitrogens is 1. The molecule has 0 saturated carbocycles. The predicted octanol–water partition coefficient (Wildman–Crippen LogP) is 4.73. The van der Waals surface area contributed by atoms with Crippen LogP contribution in [0.1, 0.15) is 33.6 Å². The lowest BCUT2D eigenvalue weighted by molar-refractivity contribution is 0.142. The zero-order valence-corrected chi connectivity index (χ0v) is 17.2. The highest BCUT2D eigenvalue weighted by Crippen LogP contribution is 2.26. The van der Waals surface area contributed by atoms with Crippen molar-refractivity contribution in [3.05, 3.63) is 30.3 Å². The minimum Gasteiger partial charge on any atom is -0.478 e. The second-order valence-electron chi connectivity index (χ2n) is 6.02. The Hall–Kier alpha value is -2.05. The van der Waals surface area contributed by atoms with Gasteiger partial charge in [0.25, 0.3) is 0 Å². The van der Waals surface area contributed by atoms with E-state index in [0.717, 1.165) is 43.4 Å². The fraction of sp³-hybridized carbons (Fsp3) is 0.500. The number of likely N-dealkylation sites (N-methyl/N-ethyl adjacent to an activating group) is 1. The number of hydrogen-bond acceptors (Lipinski definition) is 5. The van der Waals surface area contributed by atoms with E-state index in [0.29, 0.717) is 24.8 Å². The molecule has 27 heavy (non-hydrogen) atoms. The van der Waals surface area contributed by atoms with Crippen molar-refractivity contribution in [1.29, 1.82) is 0 Å². The summed E-state index contributed by atoms with van der Waals surface area (Å²) in [5.74, 6) is 0.510. The average Bonchev–Trinajstić information content (AvgIpc) is 2.65. The molecule has 1 aromatic heterocycles. The van der Waals surface area contributed by atoms with Gasteiger partial charge in [-0.15, -0.1) is 12.4 Å². The third-order valence-electron chi connectivity index (χ3n) is 4.21. The smallest absolute Gasteiger partial charge is 0.411 e. The van der Waals surface area contributed by atoms with Gasteiger partial charge in [0, 0.05) is 18.0 Å². The first-order chi connectivity index (χ1) is 12.7. The number of hydrogen-bond donors (Lipinski definition) is 1. The standard InChI is InChI=1S/C20H29N3O3.ClH/c1-4-7-13-25-19-15-18(16-10-8-9-11-17(16)21-19)22-20(24)26-14-12-23(5-2)6-3;/h8-11,15H,4-7,12-14H2,1-3H3,(H,21,22,24);1H. The third-order valence-corrected chi connectivity index (χ3v) is 4.21. The minimum atomic E-state index is -0.465. The van der Waals surface area contributed by atoms with Crippen molar-refractivity contribution < 1.29 is 14.3 Å². The average molecular weight is 396 g/mol. The lowest BCUT2D eigenvalue weighted by Gasteiger charge is -2.17. The van der Waals surface area contributed by atoms with Crippen LogP contribution in [0.25, 0.3) is 10.9 Å². The van der Waals surface area contributed by atoms with E-state index in [4.69, 9.17) is 9.47 Å². The van der Waals surface area contributed by atoms with Gasteiger partial charge in [-0.05, 0) is 25.6 Å². The molecule has 0 radical (unpaired) electrons. The van der Waals surface area contributed by atoms with Crippen LogP contribution in [-0.2, 0) is 4.74 Å². The molecule has 0 atom stereocenters. The molecule has 0 spiro atoms. The van der Waals surface area contributed by atoms with Crippen molar-refractivity contribution in [3.63, 3.8) is 0 Å². The molecule has 0 aliphatic rings. The molecule has 0 fully saturated rings. The number of pyridine rings is 1. The Morgan fingerprint density at radius 3 is 2.59 bits per heavy atom. The van der Waals surface area contributed by atoms with Crippen LogP contribution in [0.2, 0.25) is 0 Å². The molecule has 150 valence electrons. The molecule has 1 aromatic carbocycles. The number of carbonyl (C=O) groups excluding carboxylic acids is 1. The molecule has 2 rings (SSSR count). The van der Waals surface area contributed by atoms with Gasteiger partial charge in [0.15, 0.2) is 0 Å². The van der Waals surface area contributed by atoms with Gasteiger partial charge in [-0.3, -0.25) is 5.32 Å². The summed E-state index contributed by atoms with van der Waals surface area (Å²) in [5, 5.41) is 3.68. The lowest BCUT2D eigenvalue weighted by Crippen LogP contribution is -2.28. The summed E-state index contributed by atoms with van der Waals surface area (Å²) in [4.78, 5) is 18.9. The SMILES string of the molecule is CCCCOc1cc(NC(=O)OCCN(CC)CC)c2ccccc2n1.Cl. The lowest BCUT2D eigenvalue weighted by atomic mass is 10.2. The van der Waals surface area contributed by atoms with Crippen LogP contribution in [0, 0.1) is 0 Å². The monoisotopic (exact) mass is 395 g/mol. The van der Waals surface area contributed by atoms with Crippen molar-refractivity contribution in [3.8, 4) is 5.88 Å². The summed E-state index contributed by atoms with van der Waals surface area (Å²) in [7, 11) is 0. The van der Waals surface area contributed by atoms with Gasteiger partial charge in [-0.2, -0.15) is 0 Å². The number of anilines is 1. The summed E-state index contributed by atoms with van der Waals surface area (Å²) in [6.45, 7) is 9.86. The predicted molar refractivity (Wildman–Crippen MR) is 112 cm³/mol.